The van der Waals surface area contributed by atoms with E-state index in [-0.39, 0.29) is 19.1 Å². The Labute approximate surface area is 309 Å². The summed E-state index contributed by atoms with van der Waals surface area (Å²) in [6, 6.07) is -0.896. The summed E-state index contributed by atoms with van der Waals surface area (Å²) in [5.74, 6) is -0.209. The average Bonchev–Trinajstić information content (AvgIpc) is 3.06. The predicted molar refractivity (Wildman–Crippen MR) is 210 cm³/mol. The molecule has 0 bridgehead atoms. The van der Waals surface area contributed by atoms with Crippen molar-refractivity contribution in [3.63, 3.8) is 0 Å². The minimum absolute atomic E-state index is 0.00453. The quantitative estimate of drug-likeness (QED) is 0.0285. The molecule has 0 saturated heterocycles. The maximum atomic E-state index is 12.8. The molecule has 0 aliphatic heterocycles. The predicted octanol–water partition coefficient (Wildman–Crippen LogP) is 10.3. The number of hydrogen-bond donors (Lipinski definition) is 2. The first-order valence-electron chi connectivity index (χ1n) is 20.7. The lowest BCUT2D eigenvalue weighted by Crippen LogP contribution is -2.45. The Morgan fingerprint density at radius 3 is 1.62 bits per heavy atom. The molecule has 0 aromatic heterocycles. The van der Waals surface area contributed by atoms with Crippen molar-refractivity contribution in [3.8, 4) is 0 Å². The Bertz CT molecular complexity index is 876. The number of aliphatic hydroxyl groups is 1. The summed E-state index contributed by atoms with van der Waals surface area (Å²) >= 11 is 0. The highest BCUT2D eigenvalue weighted by Crippen LogP contribution is 2.38. The van der Waals surface area contributed by atoms with Gasteiger partial charge < -0.3 is 28.8 Å². The van der Waals surface area contributed by atoms with Crippen molar-refractivity contribution in [3.05, 3.63) is 24.3 Å². The average molecular weight is 729 g/mol. The van der Waals surface area contributed by atoms with Gasteiger partial charge in [-0.05, 0) is 32.1 Å². The summed E-state index contributed by atoms with van der Waals surface area (Å²) in [4.78, 5) is 25.2. The van der Waals surface area contributed by atoms with Crippen molar-refractivity contribution < 1.29 is 32.9 Å². The van der Waals surface area contributed by atoms with E-state index >= 15 is 0 Å². The van der Waals surface area contributed by atoms with E-state index in [2.05, 4.69) is 31.3 Å². The van der Waals surface area contributed by atoms with Crippen molar-refractivity contribution >= 4 is 13.7 Å². The second-order valence-corrected chi connectivity index (χ2v) is 16.8. The van der Waals surface area contributed by atoms with Crippen LogP contribution in [0, 0.1) is 0 Å². The van der Waals surface area contributed by atoms with Crippen LogP contribution < -0.4 is 10.2 Å². The second kappa shape index (κ2) is 33.8. The highest BCUT2D eigenvalue weighted by atomic mass is 31.2. The van der Waals surface area contributed by atoms with Crippen LogP contribution in [0.25, 0.3) is 0 Å². The second-order valence-electron chi connectivity index (χ2n) is 15.3. The number of aliphatic hydroxyl groups excluding tert-OH is 1. The lowest BCUT2D eigenvalue weighted by Gasteiger charge is -2.29. The summed E-state index contributed by atoms with van der Waals surface area (Å²) in [6.07, 6.45) is 37.9. The molecule has 9 heteroatoms. The van der Waals surface area contributed by atoms with Crippen LogP contribution in [0.1, 0.15) is 181 Å². The maximum absolute atomic E-state index is 12.8. The fraction of sp³-hybridized carbons (Fsp3) is 0.878. The summed E-state index contributed by atoms with van der Waals surface area (Å²) in [5, 5.41) is 13.7. The van der Waals surface area contributed by atoms with Crippen LogP contribution >= 0.6 is 7.82 Å². The van der Waals surface area contributed by atoms with E-state index in [0.717, 1.165) is 38.5 Å². The van der Waals surface area contributed by atoms with Crippen LogP contribution in [-0.4, -0.2) is 68.5 Å². The zero-order chi connectivity index (χ0) is 37.2. The van der Waals surface area contributed by atoms with Gasteiger partial charge in [-0.1, -0.05) is 167 Å². The fourth-order valence-electron chi connectivity index (χ4n) is 5.81. The molecule has 2 N–H and O–H groups in total. The lowest BCUT2D eigenvalue weighted by molar-refractivity contribution is -0.870. The first kappa shape index (κ1) is 49.0. The van der Waals surface area contributed by atoms with Crippen LogP contribution in [0.2, 0.25) is 0 Å². The van der Waals surface area contributed by atoms with E-state index in [9.17, 15) is 19.4 Å². The third kappa shape index (κ3) is 35.4. The number of likely N-dealkylation sites (N-methyl/N-ethyl adjacent to an activating group) is 1. The molecule has 0 saturated carbocycles. The molecule has 1 amide bonds. The number of nitrogens with zero attached hydrogens (tertiary/aromatic N) is 1. The Kier molecular flexibility index (Phi) is 33.1. The fourth-order valence-corrected chi connectivity index (χ4v) is 6.54. The van der Waals surface area contributed by atoms with Gasteiger partial charge in [0.1, 0.15) is 13.2 Å². The van der Waals surface area contributed by atoms with E-state index in [0.29, 0.717) is 17.4 Å². The summed E-state index contributed by atoms with van der Waals surface area (Å²) in [5.41, 5.74) is 0. The molecule has 296 valence electrons. The summed E-state index contributed by atoms with van der Waals surface area (Å²) < 4.78 is 23.1. The minimum atomic E-state index is -4.58. The minimum Gasteiger partial charge on any atom is -0.756 e. The first-order chi connectivity index (χ1) is 24.0. The van der Waals surface area contributed by atoms with Gasteiger partial charge in [-0.15, -0.1) is 0 Å². The highest BCUT2D eigenvalue weighted by molar-refractivity contribution is 7.45. The van der Waals surface area contributed by atoms with Crippen LogP contribution in [0.5, 0.6) is 0 Å². The Balaban J connectivity index is 4.53. The molecule has 0 aromatic rings. The van der Waals surface area contributed by atoms with Gasteiger partial charge in [-0.3, -0.25) is 9.36 Å². The molecule has 0 rings (SSSR count). The zero-order valence-corrected chi connectivity index (χ0v) is 34.2. The van der Waals surface area contributed by atoms with Gasteiger partial charge in [0.25, 0.3) is 7.82 Å². The van der Waals surface area contributed by atoms with E-state index in [1.165, 1.54) is 122 Å². The number of carbonyl (C=O) groups excluding carboxylic acids is 1. The largest absolute Gasteiger partial charge is 0.756 e. The molecule has 50 heavy (non-hydrogen) atoms. The smallest absolute Gasteiger partial charge is 0.268 e. The number of phosphoric acid groups is 1. The number of hydrogen-bond acceptors (Lipinski definition) is 6. The van der Waals surface area contributed by atoms with Gasteiger partial charge in [-0.25, -0.2) is 0 Å². The molecular weight excluding hydrogens is 647 g/mol. The van der Waals surface area contributed by atoms with Crippen molar-refractivity contribution in [2.45, 2.75) is 193 Å². The van der Waals surface area contributed by atoms with Crippen molar-refractivity contribution in [1.29, 1.82) is 0 Å². The third-order valence-corrected chi connectivity index (χ3v) is 10.1. The molecular formula is C41H81N2O6P. The van der Waals surface area contributed by atoms with Crippen molar-refractivity contribution in [2.24, 2.45) is 0 Å². The first-order valence-corrected chi connectivity index (χ1v) is 22.2. The zero-order valence-electron chi connectivity index (χ0n) is 33.4. The molecule has 0 heterocycles. The molecule has 3 atom stereocenters. The molecule has 0 aromatic carbocycles. The SMILES string of the molecule is CCCCCCCCCCCC/C=C/CC/C=C/C(O)C(COP(=O)([O-])OCC[N+](C)(C)C)NC(=O)CCCCCCCCCCCCCC. The van der Waals surface area contributed by atoms with Crippen LogP contribution in [0.3, 0.4) is 0 Å². The molecule has 0 aliphatic rings. The monoisotopic (exact) mass is 729 g/mol. The number of unbranched alkanes of at least 4 members (excludes halogenated alkanes) is 22. The molecule has 0 fully saturated rings. The van der Waals surface area contributed by atoms with E-state index in [1.807, 2.05) is 27.2 Å². The maximum Gasteiger partial charge on any atom is 0.268 e. The molecule has 0 spiro atoms. The van der Waals surface area contributed by atoms with Gasteiger partial charge >= 0.3 is 0 Å². The normalized spacial score (nSPS) is 14.8. The van der Waals surface area contributed by atoms with Crippen molar-refractivity contribution in [2.75, 3.05) is 40.9 Å². The number of allylic oxidation sites excluding steroid dienone is 3. The molecule has 3 unspecified atom stereocenters. The number of quaternary nitrogens is 1. The van der Waals surface area contributed by atoms with Crippen LogP contribution in [-0.2, 0) is 18.4 Å². The van der Waals surface area contributed by atoms with Gasteiger partial charge in [0, 0.05) is 6.42 Å². The molecule has 0 radical (unpaired) electrons. The number of carbonyl (C=O) groups is 1. The lowest BCUT2D eigenvalue weighted by atomic mass is 10.0. The van der Waals surface area contributed by atoms with Gasteiger partial charge in [0.05, 0.1) is 39.9 Å². The number of phosphoric ester groups is 1. The summed E-state index contributed by atoms with van der Waals surface area (Å²) in [7, 11) is 1.25. The topological polar surface area (TPSA) is 108 Å². The Morgan fingerprint density at radius 2 is 1.12 bits per heavy atom. The van der Waals surface area contributed by atoms with Gasteiger partial charge in [0.15, 0.2) is 0 Å². The van der Waals surface area contributed by atoms with Crippen LogP contribution in [0.15, 0.2) is 24.3 Å². The summed E-state index contributed by atoms with van der Waals surface area (Å²) in [6.45, 7) is 4.61. The van der Waals surface area contributed by atoms with Crippen LogP contribution in [0.4, 0.5) is 0 Å². The van der Waals surface area contributed by atoms with E-state index in [4.69, 9.17) is 9.05 Å². The van der Waals surface area contributed by atoms with Crippen molar-refractivity contribution in [1.82, 2.24) is 5.32 Å². The standard InChI is InChI=1S/C41H81N2O6P/c1-6-8-10-12-14-16-18-20-21-22-23-24-26-28-30-32-34-40(44)39(38-49-50(46,47)48-37-36-43(3,4)5)42-41(45)35-33-31-29-27-25-19-17-15-13-11-9-7-2/h24,26,32,34,39-40,44H,6-23,25,27-31,33,35-38H2,1-5H3,(H-,42,45,46,47)/b26-24+,34-32+. The third-order valence-electron chi connectivity index (χ3n) is 9.16. The number of amides is 1. The molecule has 8 nitrogen and oxygen atoms in total. The van der Waals surface area contributed by atoms with E-state index in [1.54, 1.807) is 6.08 Å². The number of nitrogens with one attached hydrogen (secondary N) is 1. The van der Waals surface area contributed by atoms with E-state index < -0.39 is 20.0 Å². The molecule has 0 aliphatic carbocycles. The highest BCUT2D eigenvalue weighted by Gasteiger charge is 2.23. The number of rotatable bonds is 37. The van der Waals surface area contributed by atoms with Gasteiger partial charge in [-0.2, -0.15) is 0 Å². The Morgan fingerprint density at radius 1 is 0.680 bits per heavy atom. The van der Waals surface area contributed by atoms with Gasteiger partial charge in [0.2, 0.25) is 5.91 Å². The Hall–Kier alpha value is -1.02.